The van der Waals surface area contributed by atoms with Gasteiger partial charge in [0, 0.05) is 0 Å². The summed E-state index contributed by atoms with van der Waals surface area (Å²) in [6.07, 6.45) is 0. The molecule has 0 aliphatic heterocycles. The fourth-order valence-electron chi connectivity index (χ4n) is 0.723. The molecule has 0 N–H and O–H groups in total. The fraction of sp³-hybridized carbons (Fsp3) is 0.111. The Bertz CT molecular complexity index is 209. The molecule has 0 spiro atoms. The van der Waals surface area contributed by atoms with Gasteiger partial charge in [-0.05, 0) is 12.5 Å². The molecule has 0 aliphatic rings. The van der Waals surface area contributed by atoms with E-state index in [0.717, 1.165) is 5.57 Å². The van der Waals surface area contributed by atoms with Crippen molar-refractivity contribution in [2.24, 2.45) is 0 Å². The van der Waals surface area contributed by atoms with Crippen LogP contribution < -0.4 is 0 Å². The van der Waals surface area contributed by atoms with Crippen LogP contribution in [0, 0.1) is 0 Å². The zero-order valence-electron chi connectivity index (χ0n) is 8.30. The Labute approximate surface area is 102 Å². The van der Waals surface area contributed by atoms with Crippen molar-refractivity contribution < 1.29 is 2.85 Å². The molecule has 0 saturated heterocycles. The van der Waals surface area contributed by atoms with Crippen LogP contribution in [-0.2, 0) is 0 Å². The van der Waals surface area contributed by atoms with Gasteiger partial charge in [-0.1, -0.05) is 42.5 Å². The summed E-state index contributed by atoms with van der Waals surface area (Å²) in [5, 5.41) is 0. The Kier molecular flexibility index (Phi) is 5.36. The van der Waals surface area contributed by atoms with Crippen LogP contribution in [0.4, 0.5) is 0 Å². The van der Waals surface area contributed by atoms with Gasteiger partial charge in [0.2, 0.25) is 0 Å². The molecule has 50 valence electrons. The van der Waals surface area contributed by atoms with E-state index in [1.807, 2.05) is 25.1 Å². The van der Waals surface area contributed by atoms with Gasteiger partial charge in [0.15, 0.2) is 0 Å². The first kappa shape index (κ1) is 10.4. The fourth-order valence-corrected chi connectivity index (χ4v) is 0.723. The average molecular weight is 208 g/mol. The van der Waals surface area contributed by atoms with Crippen molar-refractivity contribution in [3.63, 3.8) is 0 Å². The van der Waals surface area contributed by atoms with E-state index in [1.54, 1.807) is 0 Å². The smallest absolute Gasteiger partial charge is 1.00 e. The zero-order chi connectivity index (χ0) is 6.69. The van der Waals surface area contributed by atoms with Crippen molar-refractivity contribution in [2.45, 2.75) is 6.92 Å². The number of benzene rings is 1. The normalized spacial score (nSPS) is 8.10. The Morgan fingerprint density at radius 2 is 1.80 bits per heavy atom. The van der Waals surface area contributed by atoms with Crippen LogP contribution in [0.25, 0.3) is 5.57 Å². The number of hydrogen-bond acceptors (Lipinski definition) is 0. The molecule has 1 rings (SSSR count). The third kappa shape index (κ3) is 3.02. The third-order valence-corrected chi connectivity index (χ3v) is 1.27. The maximum atomic E-state index is 3.83. The minimum absolute atomic E-state index is 0. The molecule has 0 radical (unpaired) electrons. The monoisotopic (exact) mass is 208 g/mol. The molecule has 0 bridgehead atoms. The molecule has 0 unspecified atom stereocenters. The molecule has 0 atom stereocenters. The zero-order valence-corrected chi connectivity index (χ0v) is 9.78. The van der Waals surface area contributed by atoms with Crippen LogP contribution in [0.15, 0.2) is 36.9 Å². The van der Waals surface area contributed by atoms with E-state index in [9.17, 15) is 0 Å². The van der Waals surface area contributed by atoms with Gasteiger partial charge < -0.3 is 2.85 Å². The number of allylic oxidation sites excluding steroid dienone is 1. The van der Waals surface area contributed by atoms with Crippen LogP contribution in [0.2, 0.25) is 0 Å². The molecule has 1 aromatic carbocycles. The van der Waals surface area contributed by atoms with Crippen molar-refractivity contribution in [3.8, 4) is 0 Å². The van der Waals surface area contributed by atoms with Crippen molar-refractivity contribution in [3.05, 3.63) is 42.5 Å². The van der Waals surface area contributed by atoms with Crippen LogP contribution in [0.3, 0.4) is 0 Å². The maximum Gasteiger partial charge on any atom is 2.00 e. The molecule has 0 aromatic heterocycles. The van der Waals surface area contributed by atoms with Crippen LogP contribution in [0.5, 0.6) is 0 Å². The van der Waals surface area contributed by atoms with Crippen molar-refractivity contribution in [2.75, 3.05) is 0 Å². The summed E-state index contributed by atoms with van der Waals surface area (Å²) in [6.45, 7) is 5.83. The Hall–Kier alpha value is 0.441. The molecule has 0 nitrogen and oxygen atoms in total. The van der Waals surface area contributed by atoms with E-state index < -0.39 is 0 Å². The van der Waals surface area contributed by atoms with E-state index in [4.69, 9.17) is 0 Å². The van der Waals surface area contributed by atoms with Gasteiger partial charge in [0.25, 0.3) is 0 Å². The minimum Gasteiger partial charge on any atom is -1.00 e. The standard InChI is InChI=1S/C9H10.Sr.2H/c1-8(2)9-6-4-3-5-7-9;;;/h3-7H,1H2,2H3;;;/q;+2;2*-1. The SMILES string of the molecule is C=C(C)c1ccccc1.[H-].[H-].[Sr+2]. The predicted octanol–water partition coefficient (Wildman–Crippen LogP) is 2.56. The molecule has 10 heavy (non-hydrogen) atoms. The summed E-state index contributed by atoms with van der Waals surface area (Å²) in [4.78, 5) is 0. The first-order valence-electron chi connectivity index (χ1n) is 3.01. The summed E-state index contributed by atoms with van der Waals surface area (Å²) in [5.41, 5.74) is 2.34. The summed E-state index contributed by atoms with van der Waals surface area (Å²) in [5.74, 6) is 0. The molecule has 0 fully saturated rings. The molecule has 0 heterocycles. The second-order valence-electron chi connectivity index (χ2n) is 2.15. The topological polar surface area (TPSA) is 0 Å². The van der Waals surface area contributed by atoms with Crippen molar-refractivity contribution >= 4 is 51.1 Å². The van der Waals surface area contributed by atoms with E-state index in [1.165, 1.54) is 5.56 Å². The van der Waals surface area contributed by atoms with Crippen LogP contribution in [0.1, 0.15) is 15.3 Å². The van der Waals surface area contributed by atoms with Crippen molar-refractivity contribution in [1.82, 2.24) is 0 Å². The largest absolute Gasteiger partial charge is 2.00 e. The molecule has 0 amide bonds. The van der Waals surface area contributed by atoms with Crippen LogP contribution >= 0.6 is 0 Å². The average Bonchev–Trinajstić information content (AvgIpc) is 1.90. The van der Waals surface area contributed by atoms with Gasteiger partial charge in [-0.15, -0.1) is 0 Å². The molecule has 1 heteroatoms. The first-order chi connectivity index (χ1) is 4.30. The first-order valence-corrected chi connectivity index (χ1v) is 3.01. The summed E-state index contributed by atoms with van der Waals surface area (Å²) < 4.78 is 0. The second kappa shape index (κ2) is 5.14. The molecular formula is C9H12Sr. The maximum absolute atomic E-state index is 3.83. The van der Waals surface area contributed by atoms with Gasteiger partial charge >= 0.3 is 45.5 Å². The summed E-state index contributed by atoms with van der Waals surface area (Å²) >= 11 is 0. The van der Waals surface area contributed by atoms with Gasteiger partial charge in [0.05, 0.1) is 0 Å². The molecule has 0 saturated carbocycles. The Morgan fingerprint density at radius 3 is 2.10 bits per heavy atom. The van der Waals surface area contributed by atoms with Gasteiger partial charge in [-0.2, -0.15) is 0 Å². The Balaban J connectivity index is -0.000000270. The predicted molar refractivity (Wildman–Crippen MR) is 49.1 cm³/mol. The van der Waals surface area contributed by atoms with Gasteiger partial charge in [-0.3, -0.25) is 0 Å². The van der Waals surface area contributed by atoms with Crippen LogP contribution in [-0.4, -0.2) is 45.5 Å². The summed E-state index contributed by atoms with van der Waals surface area (Å²) in [7, 11) is 0. The number of hydrogen-bond donors (Lipinski definition) is 0. The van der Waals surface area contributed by atoms with Gasteiger partial charge in [-0.25, -0.2) is 0 Å². The number of rotatable bonds is 1. The van der Waals surface area contributed by atoms with E-state index in [0.29, 0.717) is 0 Å². The molecule has 1 aromatic rings. The molecular weight excluding hydrogens is 196 g/mol. The van der Waals surface area contributed by atoms with E-state index in [2.05, 4.69) is 18.7 Å². The summed E-state index contributed by atoms with van der Waals surface area (Å²) in [6, 6.07) is 10.2. The third-order valence-electron chi connectivity index (χ3n) is 1.27. The second-order valence-corrected chi connectivity index (χ2v) is 2.15. The molecule has 0 aliphatic carbocycles. The van der Waals surface area contributed by atoms with E-state index >= 15 is 0 Å². The quantitative estimate of drug-likeness (QED) is 0.622. The van der Waals surface area contributed by atoms with Gasteiger partial charge in [0.1, 0.15) is 0 Å². The van der Waals surface area contributed by atoms with E-state index in [-0.39, 0.29) is 48.3 Å². The van der Waals surface area contributed by atoms with Crippen molar-refractivity contribution in [1.29, 1.82) is 0 Å². The Morgan fingerprint density at radius 1 is 1.30 bits per heavy atom. The minimum atomic E-state index is 0.